The van der Waals surface area contributed by atoms with E-state index in [-0.39, 0.29) is 11.3 Å². The Balaban J connectivity index is 2.21. The molecular formula is C16H16Cl2N2O. The molecular weight excluding hydrogens is 307 g/mol. The summed E-state index contributed by atoms with van der Waals surface area (Å²) in [4.78, 5) is 16.5. The number of halogens is 2. The minimum atomic E-state index is -0.236. The highest BCUT2D eigenvalue weighted by atomic mass is 35.5. The number of amides is 1. The zero-order valence-electron chi connectivity index (χ0n) is 12.1. The average Bonchev–Trinajstić information content (AvgIpc) is 2.41. The number of hydrogen-bond donors (Lipinski definition) is 1. The third-order valence-corrected chi connectivity index (χ3v) is 3.71. The van der Waals surface area contributed by atoms with Gasteiger partial charge in [-0.2, -0.15) is 0 Å². The van der Waals surface area contributed by atoms with Crippen LogP contribution in [-0.2, 0) is 5.41 Å². The molecule has 0 radical (unpaired) electrons. The second-order valence-corrected chi connectivity index (χ2v) is 6.58. The normalized spacial score (nSPS) is 11.3. The SMILES string of the molecule is CC(C)(C)c1cc(NC(=O)c2ccc(Cl)c(Cl)c2)ccn1. The lowest BCUT2D eigenvalue weighted by Crippen LogP contribution is -2.16. The van der Waals surface area contributed by atoms with Crippen LogP contribution in [-0.4, -0.2) is 10.9 Å². The first-order valence-corrected chi connectivity index (χ1v) is 7.26. The Hall–Kier alpha value is -1.58. The van der Waals surface area contributed by atoms with Gasteiger partial charge in [0, 0.05) is 28.6 Å². The van der Waals surface area contributed by atoms with Crippen molar-refractivity contribution >= 4 is 34.8 Å². The number of nitrogens with zero attached hydrogens (tertiary/aromatic N) is 1. The molecule has 1 N–H and O–H groups in total. The highest BCUT2D eigenvalue weighted by molar-refractivity contribution is 6.42. The summed E-state index contributed by atoms with van der Waals surface area (Å²) >= 11 is 11.8. The van der Waals surface area contributed by atoms with Crippen LogP contribution in [0.5, 0.6) is 0 Å². The number of benzene rings is 1. The van der Waals surface area contributed by atoms with Crippen molar-refractivity contribution in [1.29, 1.82) is 0 Å². The van der Waals surface area contributed by atoms with E-state index in [2.05, 4.69) is 31.1 Å². The maximum Gasteiger partial charge on any atom is 0.255 e. The molecule has 2 aromatic rings. The van der Waals surface area contributed by atoms with E-state index in [1.54, 1.807) is 30.5 Å². The van der Waals surface area contributed by atoms with Gasteiger partial charge in [-0.05, 0) is 30.3 Å². The Morgan fingerprint density at radius 2 is 1.81 bits per heavy atom. The van der Waals surface area contributed by atoms with E-state index >= 15 is 0 Å². The molecule has 5 heteroatoms. The van der Waals surface area contributed by atoms with Crippen LogP contribution < -0.4 is 5.32 Å². The largest absolute Gasteiger partial charge is 0.322 e. The fourth-order valence-electron chi connectivity index (χ4n) is 1.76. The number of aromatic nitrogens is 1. The summed E-state index contributed by atoms with van der Waals surface area (Å²) in [6.45, 7) is 6.21. The Labute approximate surface area is 134 Å². The van der Waals surface area contributed by atoms with Gasteiger partial charge < -0.3 is 5.32 Å². The van der Waals surface area contributed by atoms with Gasteiger partial charge in [0.1, 0.15) is 0 Å². The molecule has 1 amide bonds. The summed E-state index contributed by atoms with van der Waals surface area (Å²) in [5.41, 5.74) is 1.99. The number of pyridine rings is 1. The second-order valence-electron chi connectivity index (χ2n) is 5.76. The van der Waals surface area contributed by atoms with E-state index in [4.69, 9.17) is 23.2 Å². The third kappa shape index (κ3) is 3.96. The molecule has 0 aliphatic rings. The fraction of sp³-hybridized carbons (Fsp3) is 0.250. The Kier molecular flexibility index (Phi) is 4.55. The van der Waals surface area contributed by atoms with Crippen molar-refractivity contribution in [2.24, 2.45) is 0 Å². The van der Waals surface area contributed by atoms with Crippen LogP contribution in [0.1, 0.15) is 36.8 Å². The van der Waals surface area contributed by atoms with Crippen LogP contribution in [0.3, 0.4) is 0 Å². The predicted molar refractivity (Wildman–Crippen MR) is 87.4 cm³/mol. The first kappa shape index (κ1) is 15.8. The van der Waals surface area contributed by atoms with Crippen LogP contribution in [0.25, 0.3) is 0 Å². The molecule has 0 aliphatic carbocycles. The van der Waals surface area contributed by atoms with E-state index in [1.165, 1.54) is 0 Å². The van der Waals surface area contributed by atoms with Gasteiger partial charge in [-0.3, -0.25) is 9.78 Å². The van der Waals surface area contributed by atoms with Crippen molar-refractivity contribution in [3.05, 3.63) is 57.8 Å². The number of carbonyl (C=O) groups is 1. The Morgan fingerprint density at radius 3 is 2.43 bits per heavy atom. The molecule has 0 bridgehead atoms. The number of anilines is 1. The fourth-order valence-corrected chi connectivity index (χ4v) is 2.06. The van der Waals surface area contributed by atoms with Crippen LogP contribution in [0.15, 0.2) is 36.5 Å². The highest BCUT2D eigenvalue weighted by Gasteiger charge is 2.16. The molecule has 0 unspecified atom stereocenters. The Morgan fingerprint density at radius 1 is 1.10 bits per heavy atom. The number of carbonyl (C=O) groups excluding carboxylic acids is 1. The van der Waals surface area contributed by atoms with Crippen molar-refractivity contribution in [2.75, 3.05) is 5.32 Å². The highest BCUT2D eigenvalue weighted by Crippen LogP contribution is 2.24. The molecule has 0 aliphatic heterocycles. The van der Waals surface area contributed by atoms with Crippen LogP contribution >= 0.6 is 23.2 Å². The first-order chi connectivity index (χ1) is 9.77. The van der Waals surface area contributed by atoms with E-state index in [0.717, 1.165) is 5.69 Å². The van der Waals surface area contributed by atoms with Gasteiger partial charge in [0.2, 0.25) is 0 Å². The topological polar surface area (TPSA) is 42.0 Å². The lowest BCUT2D eigenvalue weighted by molar-refractivity contribution is 0.102. The molecule has 0 saturated carbocycles. The van der Waals surface area contributed by atoms with Gasteiger partial charge in [-0.15, -0.1) is 0 Å². The van der Waals surface area contributed by atoms with Crippen LogP contribution in [0, 0.1) is 0 Å². The standard InChI is InChI=1S/C16H16Cl2N2O/c1-16(2,3)14-9-11(6-7-19-14)20-15(21)10-4-5-12(17)13(18)8-10/h4-9H,1-3H3,(H,19,20,21). The summed E-state index contributed by atoms with van der Waals surface area (Å²) in [6.07, 6.45) is 1.69. The lowest BCUT2D eigenvalue weighted by Gasteiger charge is -2.18. The molecule has 0 spiro atoms. The zero-order chi connectivity index (χ0) is 15.6. The summed E-state index contributed by atoms with van der Waals surface area (Å²) in [5.74, 6) is -0.236. The molecule has 110 valence electrons. The molecule has 0 saturated heterocycles. The first-order valence-electron chi connectivity index (χ1n) is 6.50. The minimum absolute atomic E-state index is 0.0790. The zero-order valence-corrected chi connectivity index (χ0v) is 13.6. The van der Waals surface area contributed by atoms with Gasteiger partial charge in [0.05, 0.1) is 10.0 Å². The molecule has 0 atom stereocenters. The summed E-state index contributed by atoms with van der Waals surface area (Å²) in [6, 6.07) is 8.41. The van der Waals surface area contributed by atoms with E-state index < -0.39 is 0 Å². The van der Waals surface area contributed by atoms with E-state index in [1.807, 2.05) is 6.07 Å². The van der Waals surface area contributed by atoms with Gasteiger partial charge in [0.15, 0.2) is 0 Å². The van der Waals surface area contributed by atoms with E-state index in [0.29, 0.717) is 21.3 Å². The Bertz CT molecular complexity index is 678. The third-order valence-electron chi connectivity index (χ3n) is 2.97. The van der Waals surface area contributed by atoms with E-state index in [9.17, 15) is 4.79 Å². The number of nitrogens with one attached hydrogen (secondary N) is 1. The molecule has 1 aromatic carbocycles. The predicted octanol–water partition coefficient (Wildman–Crippen LogP) is 4.94. The maximum absolute atomic E-state index is 12.2. The molecule has 2 rings (SSSR count). The van der Waals surface area contributed by atoms with Crippen molar-refractivity contribution in [1.82, 2.24) is 4.98 Å². The lowest BCUT2D eigenvalue weighted by atomic mass is 9.91. The summed E-state index contributed by atoms with van der Waals surface area (Å²) in [7, 11) is 0. The number of hydrogen-bond acceptors (Lipinski definition) is 2. The van der Waals surface area contributed by atoms with Gasteiger partial charge in [-0.25, -0.2) is 0 Å². The van der Waals surface area contributed by atoms with Gasteiger partial charge in [-0.1, -0.05) is 44.0 Å². The molecule has 3 nitrogen and oxygen atoms in total. The molecule has 21 heavy (non-hydrogen) atoms. The smallest absolute Gasteiger partial charge is 0.255 e. The minimum Gasteiger partial charge on any atom is -0.322 e. The summed E-state index contributed by atoms with van der Waals surface area (Å²) in [5, 5.41) is 3.62. The molecule has 1 aromatic heterocycles. The van der Waals surface area contributed by atoms with Crippen LogP contribution in [0.2, 0.25) is 10.0 Å². The molecule has 1 heterocycles. The van der Waals surface area contributed by atoms with Crippen LogP contribution in [0.4, 0.5) is 5.69 Å². The maximum atomic E-state index is 12.2. The van der Waals surface area contributed by atoms with Gasteiger partial charge in [0.25, 0.3) is 5.91 Å². The van der Waals surface area contributed by atoms with Crippen molar-refractivity contribution in [3.63, 3.8) is 0 Å². The number of rotatable bonds is 2. The quantitative estimate of drug-likeness (QED) is 0.850. The van der Waals surface area contributed by atoms with Gasteiger partial charge >= 0.3 is 0 Å². The second kappa shape index (κ2) is 6.04. The van der Waals surface area contributed by atoms with Crippen molar-refractivity contribution < 1.29 is 4.79 Å². The monoisotopic (exact) mass is 322 g/mol. The average molecular weight is 323 g/mol. The summed E-state index contributed by atoms with van der Waals surface area (Å²) < 4.78 is 0. The van der Waals surface area contributed by atoms with Crippen molar-refractivity contribution in [3.8, 4) is 0 Å². The molecule has 0 fully saturated rings. The van der Waals surface area contributed by atoms with Crippen molar-refractivity contribution in [2.45, 2.75) is 26.2 Å².